The smallest absolute Gasteiger partial charge is 0.416 e. The fraction of sp³-hybridized carbons (Fsp3) is 0.176. The second kappa shape index (κ2) is 8.39. The van der Waals surface area contributed by atoms with E-state index in [9.17, 15) is 22.8 Å². The van der Waals surface area contributed by atoms with Crippen LogP contribution in [0.5, 0.6) is 5.75 Å². The normalized spacial score (nSPS) is 11.0. The van der Waals surface area contributed by atoms with Gasteiger partial charge in [-0.05, 0) is 65.1 Å². The van der Waals surface area contributed by atoms with E-state index in [-0.39, 0.29) is 11.4 Å². The maximum atomic E-state index is 12.9. The van der Waals surface area contributed by atoms with Crippen molar-refractivity contribution in [2.24, 2.45) is 0 Å². The summed E-state index contributed by atoms with van der Waals surface area (Å²) in [4.78, 5) is 23.2. The first-order chi connectivity index (χ1) is 12.1. The van der Waals surface area contributed by atoms with Crippen molar-refractivity contribution < 1.29 is 27.5 Å². The van der Waals surface area contributed by atoms with E-state index in [0.29, 0.717) is 5.75 Å². The van der Waals surface area contributed by atoms with Gasteiger partial charge < -0.3 is 15.4 Å². The lowest BCUT2D eigenvalue weighted by atomic mass is 10.1. The van der Waals surface area contributed by atoms with Gasteiger partial charge in [0.15, 0.2) is 6.61 Å². The van der Waals surface area contributed by atoms with Crippen molar-refractivity contribution in [1.29, 1.82) is 0 Å². The van der Waals surface area contributed by atoms with Crippen molar-refractivity contribution in [2.45, 2.75) is 13.1 Å². The molecule has 2 aromatic carbocycles. The Morgan fingerprint density at radius 1 is 1.04 bits per heavy atom. The lowest BCUT2D eigenvalue weighted by molar-refractivity contribution is -0.137. The molecule has 0 radical (unpaired) electrons. The zero-order chi connectivity index (χ0) is 19.3. The molecule has 2 rings (SSSR count). The van der Waals surface area contributed by atoms with Gasteiger partial charge >= 0.3 is 6.18 Å². The molecular formula is C17H14F3IN2O3. The van der Waals surface area contributed by atoms with Crippen LogP contribution in [0.3, 0.4) is 0 Å². The van der Waals surface area contributed by atoms with Crippen LogP contribution in [0.2, 0.25) is 0 Å². The maximum Gasteiger partial charge on any atom is 0.416 e. The third kappa shape index (κ3) is 5.90. The summed E-state index contributed by atoms with van der Waals surface area (Å²) in [5, 5.41) is 4.70. The Labute approximate surface area is 161 Å². The van der Waals surface area contributed by atoms with Crippen LogP contribution in [-0.4, -0.2) is 18.4 Å². The average molecular weight is 478 g/mol. The summed E-state index contributed by atoms with van der Waals surface area (Å²) in [6.45, 7) is 0.819. The first-order valence-corrected chi connectivity index (χ1v) is 8.40. The Morgan fingerprint density at radius 2 is 1.69 bits per heavy atom. The van der Waals surface area contributed by atoms with Crippen LogP contribution in [0.4, 0.5) is 24.5 Å². The number of amides is 2. The van der Waals surface area contributed by atoms with E-state index in [0.717, 1.165) is 21.8 Å². The lowest BCUT2D eigenvalue weighted by Gasteiger charge is -2.15. The SMILES string of the molecule is CC(=O)Nc1ccc(C(F)(F)F)cc1NC(=O)COc1ccc(I)cc1. The molecule has 0 saturated heterocycles. The summed E-state index contributed by atoms with van der Waals surface area (Å²) in [6.07, 6.45) is -4.58. The second-order valence-electron chi connectivity index (χ2n) is 5.23. The summed E-state index contributed by atoms with van der Waals surface area (Å²) in [5.74, 6) is -0.684. The van der Waals surface area contributed by atoms with Crippen LogP contribution < -0.4 is 15.4 Å². The van der Waals surface area contributed by atoms with Gasteiger partial charge in [0.2, 0.25) is 5.91 Å². The predicted octanol–water partition coefficient (Wildman–Crippen LogP) is 4.29. The lowest BCUT2D eigenvalue weighted by Crippen LogP contribution is -2.22. The van der Waals surface area contributed by atoms with Crippen molar-refractivity contribution >= 4 is 45.8 Å². The molecule has 0 saturated carbocycles. The number of ether oxygens (including phenoxy) is 1. The van der Waals surface area contributed by atoms with E-state index in [2.05, 4.69) is 33.2 Å². The number of rotatable bonds is 5. The molecular weight excluding hydrogens is 464 g/mol. The number of hydrogen-bond donors (Lipinski definition) is 2. The van der Waals surface area contributed by atoms with Gasteiger partial charge in [0, 0.05) is 10.5 Å². The highest BCUT2D eigenvalue weighted by molar-refractivity contribution is 14.1. The van der Waals surface area contributed by atoms with E-state index in [4.69, 9.17) is 4.74 Å². The van der Waals surface area contributed by atoms with Gasteiger partial charge in [0.05, 0.1) is 16.9 Å². The maximum absolute atomic E-state index is 12.9. The fourth-order valence-electron chi connectivity index (χ4n) is 1.99. The monoisotopic (exact) mass is 478 g/mol. The largest absolute Gasteiger partial charge is 0.484 e. The van der Waals surface area contributed by atoms with Crippen molar-refractivity contribution in [3.63, 3.8) is 0 Å². The van der Waals surface area contributed by atoms with Crippen LogP contribution in [0, 0.1) is 3.57 Å². The Hall–Kier alpha value is -2.30. The van der Waals surface area contributed by atoms with E-state index in [1.165, 1.54) is 6.92 Å². The average Bonchev–Trinajstić information content (AvgIpc) is 2.54. The number of halogens is 4. The van der Waals surface area contributed by atoms with Gasteiger partial charge in [-0.15, -0.1) is 0 Å². The zero-order valence-corrected chi connectivity index (χ0v) is 15.6. The molecule has 2 N–H and O–H groups in total. The summed E-state index contributed by atoms with van der Waals surface area (Å²) in [6, 6.07) is 9.58. The van der Waals surface area contributed by atoms with Gasteiger partial charge in [0.25, 0.3) is 5.91 Å². The molecule has 0 bridgehead atoms. The number of alkyl halides is 3. The molecule has 0 heterocycles. The second-order valence-corrected chi connectivity index (χ2v) is 6.48. The Kier molecular flexibility index (Phi) is 6.46. The highest BCUT2D eigenvalue weighted by Gasteiger charge is 2.31. The molecule has 0 unspecified atom stereocenters. The number of carbonyl (C=O) groups is 2. The predicted molar refractivity (Wildman–Crippen MR) is 99.0 cm³/mol. The Morgan fingerprint density at radius 3 is 2.27 bits per heavy atom. The van der Waals surface area contributed by atoms with Gasteiger partial charge in [-0.1, -0.05) is 0 Å². The Bertz CT molecular complexity index is 808. The van der Waals surface area contributed by atoms with E-state index in [1.807, 2.05) is 0 Å². The molecule has 0 aliphatic heterocycles. The number of carbonyl (C=O) groups excluding carboxylic acids is 2. The number of anilines is 2. The molecule has 5 nitrogen and oxygen atoms in total. The minimum absolute atomic E-state index is 0.0631. The molecule has 2 aromatic rings. The van der Waals surface area contributed by atoms with Gasteiger partial charge in [-0.25, -0.2) is 0 Å². The Balaban J connectivity index is 2.12. The quantitative estimate of drug-likeness (QED) is 0.631. The van der Waals surface area contributed by atoms with Crippen LogP contribution in [0.25, 0.3) is 0 Å². The minimum atomic E-state index is -4.58. The highest BCUT2D eigenvalue weighted by Crippen LogP contribution is 2.34. The summed E-state index contributed by atoms with van der Waals surface area (Å²) < 4.78 is 44.9. The standard InChI is InChI=1S/C17H14F3IN2O3/c1-10(24)22-14-7-2-11(17(18,19)20)8-15(14)23-16(25)9-26-13-5-3-12(21)4-6-13/h2-8H,9H2,1H3,(H,22,24)(H,23,25). The highest BCUT2D eigenvalue weighted by atomic mass is 127. The topological polar surface area (TPSA) is 67.4 Å². The third-order valence-corrected chi connectivity index (χ3v) is 3.83. The molecule has 0 aliphatic rings. The number of nitrogens with one attached hydrogen (secondary N) is 2. The van der Waals surface area contributed by atoms with E-state index in [1.54, 1.807) is 24.3 Å². The molecule has 138 valence electrons. The van der Waals surface area contributed by atoms with Crippen molar-refractivity contribution in [2.75, 3.05) is 17.2 Å². The van der Waals surface area contributed by atoms with Crippen molar-refractivity contribution in [1.82, 2.24) is 0 Å². The molecule has 0 aromatic heterocycles. The summed E-state index contributed by atoms with van der Waals surface area (Å²) in [7, 11) is 0. The van der Waals surface area contributed by atoms with Crippen LogP contribution in [0.1, 0.15) is 12.5 Å². The van der Waals surface area contributed by atoms with Crippen LogP contribution in [0.15, 0.2) is 42.5 Å². The van der Waals surface area contributed by atoms with E-state index >= 15 is 0 Å². The van der Waals surface area contributed by atoms with E-state index < -0.39 is 30.2 Å². The molecule has 26 heavy (non-hydrogen) atoms. The number of hydrogen-bond acceptors (Lipinski definition) is 3. The molecule has 2 amide bonds. The number of benzene rings is 2. The first kappa shape index (κ1) is 20.0. The molecule has 0 aliphatic carbocycles. The van der Waals surface area contributed by atoms with Gasteiger partial charge in [-0.3, -0.25) is 9.59 Å². The molecule has 0 fully saturated rings. The first-order valence-electron chi connectivity index (χ1n) is 7.32. The fourth-order valence-corrected chi connectivity index (χ4v) is 2.35. The minimum Gasteiger partial charge on any atom is -0.484 e. The van der Waals surface area contributed by atoms with Crippen LogP contribution >= 0.6 is 22.6 Å². The zero-order valence-electron chi connectivity index (χ0n) is 13.5. The van der Waals surface area contributed by atoms with Gasteiger partial charge in [-0.2, -0.15) is 13.2 Å². The third-order valence-electron chi connectivity index (χ3n) is 3.12. The van der Waals surface area contributed by atoms with Crippen molar-refractivity contribution in [3.8, 4) is 5.75 Å². The molecule has 9 heteroatoms. The molecule has 0 spiro atoms. The summed E-state index contributed by atoms with van der Waals surface area (Å²) in [5.41, 5.74) is -1.04. The van der Waals surface area contributed by atoms with Crippen LogP contribution in [-0.2, 0) is 15.8 Å². The summed E-state index contributed by atoms with van der Waals surface area (Å²) >= 11 is 2.11. The molecule has 0 atom stereocenters. The van der Waals surface area contributed by atoms with Gasteiger partial charge in [0.1, 0.15) is 5.75 Å². The van der Waals surface area contributed by atoms with Crippen molar-refractivity contribution in [3.05, 3.63) is 51.6 Å².